The minimum absolute atomic E-state index is 0.0151. The van der Waals surface area contributed by atoms with Crippen molar-refractivity contribution in [1.82, 2.24) is 10.2 Å². The maximum Gasteiger partial charge on any atom is 0.235 e. The molecular weight excluding hydrogens is 192 g/mol. The highest BCUT2D eigenvalue weighted by Gasteiger charge is 2.52. The van der Waals surface area contributed by atoms with Crippen molar-refractivity contribution in [3.8, 4) is 0 Å². The Morgan fingerprint density at radius 1 is 1.27 bits per heavy atom. The Labute approximate surface area is 90.0 Å². The minimum atomic E-state index is -0.511. The fourth-order valence-corrected chi connectivity index (χ4v) is 2.49. The molecule has 0 aromatic carbocycles. The standard InChI is InChI=1S/C11H18N2O2/c1-10(2)6-8(14)13(9(10)15)11(3)4-5-12-7-11/h12H,4-7H2,1-3H3. The van der Waals surface area contributed by atoms with Crippen molar-refractivity contribution in [2.45, 2.75) is 39.2 Å². The van der Waals surface area contributed by atoms with Crippen molar-refractivity contribution in [1.29, 1.82) is 0 Å². The second kappa shape index (κ2) is 3.04. The molecule has 1 N–H and O–H groups in total. The Hall–Kier alpha value is -0.900. The van der Waals surface area contributed by atoms with Gasteiger partial charge in [-0.25, -0.2) is 0 Å². The van der Waals surface area contributed by atoms with Crippen molar-refractivity contribution in [3.63, 3.8) is 0 Å². The average molecular weight is 210 g/mol. The molecule has 84 valence electrons. The van der Waals surface area contributed by atoms with Crippen molar-refractivity contribution >= 4 is 11.8 Å². The van der Waals surface area contributed by atoms with E-state index in [1.165, 1.54) is 4.90 Å². The largest absolute Gasteiger partial charge is 0.314 e. The van der Waals surface area contributed by atoms with Gasteiger partial charge in [-0.05, 0) is 19.9 Å². The summed E-state index contributed by atoms with van der Waals surface area (Å²) in [5, 5.41) is 3.21. The van der Waals surface area contributed by atoms with Gasteiger partial charge in [-0.1, -0.05) is 13.8 Å². The lowest BCUT2D eigenvalue weighted by molar-refractivity contribution is -0.146. The van der Waals surface area contributed by atoms with Crippen molar-refractivity contribution in [2.75, 3.05) is 13.1 Å². The number of likely N-dealkylation sites (tertiary alicyclic amines) is 1. The van der Waals surface area contributed by atoms with Crippen molar-refractivity contribution in [3.05, 3.63) is 0 Å². The summed E-state index contributed by atoms with van der Waals surface area (Å²) in [6.45, 7) is 7.29. The van der Waals surface area contributed by atoms with Gasteiger partial charge in [0, 0.05) is 13.0 Å². The molecule has 2 fully saturated rings. The van der Waals surface area contributed by atoms with Crippen LogP contribution in [0.5, 0.6) is 0 Å². The van der Waals surface area contributed by atoms with E-state index in [9.17, 15) is 9.59 Å². The molecule has 1 atom stereocenters. The Morgan fingerprint density at radius 3 is 2.33 bits per heavy atom. The summed E-state index contributed by atoms with van der Waals surface area (Å²) in [6.07, 6.45) is 1.21. The average Bonchev–Trinajstić information content (AvgIpc) is 2.58. The van der Waals surface area contributed by atoms with Gasteiger partial charge in [0.05, 0.1) is 11.0 Å². The monoisotopic (exact) mass is 210 g/mol. The van der Waals surface area contributed by atoms with E-state index in [0.29, 0.717) is 6.42 Å². The first-order valence-electron chi connectivity index (χ1n) is 5.45. The molecule has 0 bridgehead atoms. The highest BCUT2D eigenvalue weighted by atomic mass is 16.2. The Bertz CT molecular complexity index is 317. The minimum Gasteiger partial charge on any atom is -0.314 e. The zero-order chi connectivity index (χ0) is 11.3. The van der Waals surface area contributed by atoms with Crippen molar-refractivity contribution in [2.24, 2.45) is 5.41 Å². The number of hydrogen-bond acceptors (Lipinski definition) is 3. The maximum absolute atomic E-state index is 12.1. The SMILES string of the molecule is CC1(C)CC(=O)N(C2(C)CCNC2)C1=O. The van der Waals surface area contributed by atoms with Gasteiger partial charge in [0.15, 0.2) is 0 Å². The number of nitrogens with one attached hydrogen (secondary N) is 1. The third-order valence-electron chi connectivity index (χ3n) is 3.51. The molecule has 2 aliphatic heterocycles. The molecule has 4 heteroatoms. The van der Waals surface area contributed by atoms with E-state index in [1.54, 1.807) is 0 Å². The van der Waals surface area contributed by atoms with Gasteiger partial charge >= 0.3 is 0 Å². The molecule has 2 heterocycles. The molecule has 0 spiro atoms. The fourth-order valence-electron chi connectivity index (χ4n) is 2.49. The van der Waals surface area contributed by atoms with Gasteiger partial charge in [0.2, 0.25) is 11.8 Å². The van der Waals surface area contributed by atoms with E-state index in [0.717, 1.165) is 19.5 Å². The molecule has 0 aromatic heterocycles. The van der Waals surface area contributed by atoms with E-state index in [-0.39, 0.29) is 17.4 Å². The van der Waals surface area contributed by atoms with E-state index in [2.05, 4.69) is 5.32 Å². The van der Waals surface area contributed by atoms with Crippen LogP contribution in [0.25, 0.3) is 0 Å². The molecule has 1 unspecified atom stereocenters. The lowest BCUT2D eigenvalue weighted by atomic mass is 9.91. The van der Waals surface area contributed by atoms with E-state index >= 15 is 0 Å². The Kier molecular flexibility index (Phi) is 2.15. The zero-order valence-electron chi connectivity index (χ0n) is 9.59. The first-order valence-corrected chi connectivity index (χ1v) is 5.45. The van der Waals surface area contributed by atoms with Crippen LogP contribution in [0.2, 0.25) is 0 Å². The van der Waals surface area contributed by atoms with Crippen LogP contribution >= 0.6 is 0 Å². The predicted molar refractivity (Wildman–Crippen MR) is 56.1 cm³/mol. The Balaban J connectivity index is 2.30. The molecule has 2 amide bonds. The molecule has 2 rings (SSSR count). The number of rotatable bonds is 1. The predicted octanol–water partition coefficient (Wildman–Crippen LogP) is 0.523. The van der Waals surface area contributed by atoms with Crippen LogP contribution in [-0.4, -0.2) is 35.3 Å². The van der Waals surface area contributed by atoms with Gasteiger partial charge in [-0.15, -0.1) is 0 Å². The number of carbonyl (C=O) groups is 2. The number of hydrogen-bond donors (Lipinski definition) is 1. The summed E-state index contributed by atoms with van der Waals surface area (Å²) in [6, 6.07) is 0. The molecule has 4 nitrogen and oxygen atoms in total. The van der Waals surface area contributed by atoms with Gasteiger partial charge < -0.3 is 5.32 Å². The van der Waals surface area contributed by atoms with E-state index in [1.807, 2.05) is 20.8 Å². The summed E-state index contributed by atoms with van der Waals surface area (Å²) < 4.78 is 0. The lowest BCUT2D eigenvalue weighted by Gasteiger charge is -2.33. The van der Waals surface area contributed by atoms with Crippen LogP contribution in [0.3, 0.4) is 0 Å². The topological polar surface area (TPSA) is 49.4 Å². The molecular formula is C11H18N2O2. The maximum atomic E-state index is 12.1. The zero-order valence-corrected chi connectivity index (χ0v) is 9.59. The highest BCUT2D eigenvalue weighted by molar-refractivity contribution is 6.06. The van der Waals surface area contributed by atoms with Crippen LogP contribution in [0.1, 0.15) is 33.6 Å². The molecule has 15 heavy (non-hydrogen) atoms. The summed E-state index contributed by atoms with van der Waals surface area (Å²) in [5.74, 6) is -0.0325. The summed E-state index contributed by atoms with van der Waals surface area (Å²) in [7, 11) is 0. The third-order valence-corrected chi connectivity index (χ3v) is 3.51. The van der Waals surface area contributed by atoms with Crippen LogP contribution in [-0.2, 0) is 9.59 Å². The molecule has 2 saturated heterocycles. The summed E-state index contributed by atoms with van der Waals surface area (Å²) >= 11 is 0. The second-order valence-electron chi connectivity index (χ2n) is 5.52. The smallest absolute Gasteiger partial charge is 0.235 e. The first-order chi connectivity index (χ1) is 6.87. The Morgan fingerprint density at radius 2 is 1.93 bits per heavy atom. The highest BCUT2D eigenvalue weighted by Crippen LogP contribution is 2.37. The van der Waals surface area contributed by atoms with Crippen LogP contribution in [0.4, 0.5) is 0 Å². The number of imide groups is 1. The van der Waals surface area contributed by atoms with Crippen molar-refractivity contribution < 1.29 is 9.59 Å². The quantitative estimate of drug-likeness (QED) is 0.642. The molecule has 0 aromatic rings. The van der Waals surface area contributed by atoms with Gasteiger partial charge in [-0.3, -0.25) is 14.5 Å². The lowest BCUT2D eigenvalue weighted by Crippen LogP contribution is -2.52. The molecule has 0 saturated carbocycles. The summed E-state index contributed by atoms with van der Waals surface area (Å²) in [4.78, 5) is 25.5. The molecule has 2 aliphatic rings. The second-order valence-corrected chi connectivity index (χ2v) is 5.52. The van der Waals surface area contributed by atoms with Gasteiger partial charge in [0.1, 0.15) is 0 Å². The molecule has 0 radical (unpaired) electrons. The molecule has 0 aliphatic carbocycles. The first kappa shape index (κ1) is 10.6. The summed E-state index contributed by atoms with van der Waals surface area (Å²) in [5.41, 5.74) is -0.815. The number of carbonyl (C=O) groups excluding carboxylic acids is 2. The number of nitrogens with zero attached hydrogens (tertiary/aromatic N) is 1. The third kappa shape index (κ3) is 1.47. The van der Waals surface area contributed by atoms with Crippen LogP contribution in [0.15, 0.2) is 0 Å². The van der Waals surface area contributed by atoms with Gasteiger partial charge in [-0.2, -0.15) is 0 Å². The number of amides is 2. The van der Waals surface area contributed by atoms with Crippen LogP contribution < -0.4 is 5.32 Å². The normalized spacial score (nSPS) is 35.3. The van der Waals surface area contributed by atoms with Gasteiger partial charge in [0.25, 0.3) is 0 Å². The fraction of sp³-hybridized carbons (Fsp3) is 0.818. The van der Waals surface area contributed by atoms with E-state index < -0.39 is 5.41 Å². The van der Waals surface area contributed by atoms with Crippen LogP contribution in [0, 0.1) is 5.41 Å². The van der Waals surface area contributed by atoms with E-state index in [4.69, 9.17) is 0 Å².